The minimum Gasteiger partial charge on any atom is -0.379 e. The fourth-order valence-electron chi connectivity index (χ4n) is 1.52. The Hall–Kier alpha value is -0.160. The number of epoxide rings is 2. The number of rotatable bonds is 9. The standard InChI is InChI=1S/C8H18O.C6H10O3/c1-4-6-7-8(3)9-5-2;1(5-3-8-5)7-2-6-4-9-6/h8H,4-7H2,1-3H3;5-6H,1-4H2. The number of hydrogen-bond donors (Lipinski definition) is 0. The SMILES string of the molecule is C(OCC1CO1)C1CO1.CCCCC(C)OCC. The molecular formula is C14H28O4. The van der Waals surface area contributed by atoms with Crippen molar-refractivity contribution in [2.45, 2.75) is 58.3 Å². The molecule has 0 radical (unpaired) electrons. The van der Waals surface area contributed by atoms with E-state index in [1.165, 1.54) is 19.3 Å². The Bertz CT molecular complexity index is 178. The van der Waals surface area contributed by atoms with Gasteiger partial charge in [-0.15, -0.1) is 0 Å². The minimum atomic E-state index is 0.392. The lowest BCUT2D eigenvalue weighted by Gasteiger charge is -2.09. The first kappa shape index (κ1) is 15.9. The van der Waals surface area contributed by atoms with Gasteiger partial charge < -0.3 is 18.9 Å². The summed E-state index contributed by atoms with van der Waals surface area (Å²) in [7, 11) is 0. The molecule has 2 aliphatic rings. The lowest BCUT2D eigenvalue weighted by molar-refractivity contribution is 0.0687. The lowest BCUT2D eigenvalue weighted by Crippen LogP contribution is -2.06. The van der Waals surface area contributed by atoms with Gasteiger partial charge in [0.1, 0.15) is 12.2 Å². The molecule has 0 spiro atoms. The highest BCUT2D eigenvalue weighted by atomic mass is 16.6. The Labute approximate surface area is 111 Å². The number of hydrogen-bond acceptors (Lipinski definition) is 4. The van der Waals surface area contributed by atoms with Crippen LogP contribution in [-0.4, -0.2) is 51.3 Å². The Morgan fingerprint density at radius 3 is 2.06 bits per heavy atom. The van der Waals surface area contributed by atoms with Crippen molar-refractivity contribution in [3.8, 4) is 0 Å². The zero-order valence-electron chi connectivity index (χ0n) is 12.0. The molecule has 0 amide bonds. The molecule has 0 aromatic heterocycles. The van der Waals surface area contributed by atoms with Crippen LogP contribution in [0.2, 0.25) is 0 Å². The molecule has 0 aliphatic carbocycles. The third kappa shape index (κ3) is 9.83. The normalized spacial score (nSPS) is 26.2. The van der Waals surface area contributed by atoms with Crippen LogP contribution in [0.15, 0.2) is 0 Å². The first-order chi connectivity index (χ1) is 8.76. The van der Waals surface area contributed by atoms with Crippen molar-refractivity contribution in [1.29, 1.82) is 0 Å². The van der Waals surface area contributed by atoms with Crippen LogP contribution in [0.25, 0.3) is 0 Å². The summed E-state index contributed by atoms with van der Waals surface area (Å²) in [5.41, 5.74) is 0. The zero-order chi connectivity index (χ0) is 13.2. The van der Waals surface area contributed by atoms with Crippen molar-refractivity contribution in [1.82, 2.24) is 0 Å². The molecule has 2 aliphatic heterocycles. The van der Waals surface area contributed by atoms with Gasteiger partial charge in [-0.1, -0.05) is 19.8 Å². The van der Waals surface area contributed by atoms with Gasteiger partial charge in [-0.05, 0) is 20.3 Å². The monoisotopic (exact) mass is 260 g/mol. The van der Waals surface area contributed by atoms with Gasteiger partial charge in [0, 0.05) is 6.61 Å². The molecule has 0 aromatic rings. The van der Waals surface area contributed by atoms with Crippen molar-refractivity contribution >= 4 is 0 Å². The quantitative estimate of drug-likeness (QED) is 0.597. The smallest absolute Gasteiger partial charge is 0.104 e. The van der Waals surface area contributed by atoms with Crippen LogP contribution in [0.1, 0.15) is 40.0 Å². The Morgan fingerprint density at radius 2 is 1.67 bits per heavy atom. The van der Waals surface area contributed by atoms with Gasteiger partial charge in [0.15, 0.2) is 0 Å². The van der Waals surface area contributed by atoms with E-state index in [4.69, 9.17) is 18.9 Å². The van der Waals surface area contributed by atoms with Gasteiger partial charge in [0.2, 0.25) is 0 Å². The van der Waals surface area contributed by atoms with Gasteiger partial charge in [-0.3, -0.25) is 0 Å². The van der Waals surface area contributed by atoms with Crippen LogP contribution in [0.5, 0.6) is 0 Å². The maximum atomic E-state index is 5.34. The molecular weight excluding hydrogens is 232 g/mol. The average molecular weight is 260 g/mol. The fourth-order valence-corrected chi connectivity index (χ4v) is 1.52. The Kier molecular flexibility index (Phi) is 8.59. The van der Waals surface area contributed by atoms with Crippen molar-refractivity contribution in [2.75, 3.05) is 33.0 Å². The van der Waals surface area contributed by atoms with Crippen LogP contribution in [-0.2, 0) is 18.9 Å². The van der Waals surface area contributed by atoms with E-state index in [9.17, 15) is 0 Å². The summed E-state index contributed by atoms with van der Waals surface area (Å²) in [5.74, 6) is 0. The number of unbranched alkanes of at least 4 members (excludes halogenated alkanes) is 1. The highest BCUT2D eigenvalue weighted by Gasteiger charge is 2.26. The average Bonchev–Trinajstić information content (AvgIpc) is 3.21. The first-order valence-corrected chi connectivity index (χ1v) is 7.18. The summed E-state index contributed by atoms with van der Waals surface area (Å²) in [4.78, 5) is 0. The Morgan fingerprint density at radius 1 is 1.11 bits per heavy atom. The molecule has 4 nitrogen and oxygen atoms in total. The van der Waals surface area contributed by atoms with E-state index in [-0.39, 0.29) is 0 Å². The van der Waals surface area contributed by atoms with E-state index < -0.39 is 0 Å². The molecule has 0 N–H and O–H groups in total. The topological polar surface area (TPSA) is 43.5 Å². The molecule has 18 heavy (non-hydrogen) atoms. The van der Waals surface area contributed by atoms with Gasteiger partial charge in [0.05, 0.1) is 32.5 Å². The third-order valence-electron chi connectivity index (χ3n) is 2.83. The van der Waals surface area contributed by atoms with E-state index in [2.05, 4.69) is 13.8 Å². The largest absolute Gasteiger partial charge is 0.379 e. The van der Waals surface area contributed by atoms with E-state index >= 15 is 0 Å². The Balaban J connectivity index is 0.000000180. The molecule has 2 heterocycles. The second-order valence-electron chi connectivity index (χ2n) is 4.86. The molecule has 108 valence electrons. The number of ether oxygens (including phenoxy) is 4. The van der Waals surface area contributed by atoms with Crippen molar-refractivity contribution in [3.63, 3.8) is 0 Å². The molecule has 2 saturated heterocycles. The summed E-state index contributed by atoms with van der Waals surface area (Å²) in [6.07, 6.45) is 5.03. The van der Waals surface area contributed by atoms with E-state index in [0.717, 1.165) is 33.0 Å². The van der Waals surface area contributed by atoms with Crippen molar-refractivity contribution < 1.29 is 18.9 Å². The lowest BCUT2D eigenvalue weighted by atomic mass is 10.2. The van der Waals surface area contributed by atoms with E-state index in [1.54, 1.807) is 0 Å². The highest BCUT2D eigenvalue weighted by molar-refractivity contribution is 4.71. The summed E-state index contributed by atoms with van der Waals surface area (Å²) in [5, 5.41) is 0. The predicted octanol–water partition coefficient (Wildman–Crippen LogP) is 2.40. The molecule has 2 fully saturated rings. The highest BCUT2D eigenvalue weighted by Crippen LogP contribution is 2.12. The molecule has 2 rings (SSSR count). The second-order valence-corrected chi connectivity index (χ2v) is 4.86. The fraction of sp³-hybridized carbons (Fsp3) is 1.00. The van der Waals surface area contributed by atoms with Crippen LogP contribution < -0.4 is 0 Å². The third-order valence-corrected chi connectivity index (χ3v) is 2.83. The first-order valence-electron chi connectivity index (χ1n) is 7.18. The van der Waals surface area contributed by atoms with E-state index in [0.29, 0.717) is 18.3 Å². The summed E-state index contributed by atoms with van der Waals surface area (Å²) in [6, 6.07) is 0. The van der Waals surface area contributed by atoms with Gasteiger partial charge in [-0.25, -0.2) is 0 Å². The molecule has 3 atom stereocenters. The predicted molar refractivity (Wildman–Crippen MR) is 70.9 cm³/mol. The van der Waals surface area contributed by atoms with Crippen molar-refractivity contribution in [2.24, 2.45) is 0 Å². The van der Waals surface area contributed by atoms with Gasteiger partial charge in [-0.2, -0.15) is 0 Å². The second kappa shape index (κ2) is 9.73. The molecule has 0 bridgehead atoms. The molecule has 4 heteroatoms. The van der Waals surface area contributed by atoms with Crippen molar-refractivity contribution in [3.05, 3.63) is 0 Å². The van der Waals surface area contributed by atoms with Crippen LogP contribution in [0, 0.1) is 0 Å². The molecule has 0 saturated carbocycles. The molecule has 3 unspecified atom stereocenters. The van der Waals surface area contributed by atoms with Gasteiger partial charge in [0.25, 0.3) is 0 Å². The summed E-state index contributed by atoms with van der Waals surface area (Å²) < 4.78 is 20.5. The summed E-state index contributed by atoms with van der Waals surface area (Å²) >= 11 is 0. The molecule has 0 aromatic carbocycles. The maximum absolute atomic E-state index is 5.34. The van der Waals surface area contributed by atoms with Crippen LogP contribution in [0.4, 0.5) is 0 Å². The van der Waals surface area contributed by atoms with Crippen LogP contribution >= 0.6 is 0 Å². The van der Waals surface area contributed by atoms with Crippen LogP contribution in [0.3, 0.4) is 0 Å². The zero-order valence-corrected chi connectivity index (χ0v) is 12.0. The maximum Gasteiger partial charge on any atom is 0.104 e. The minimum absolute atomic E-state index is 0.392. The van der Waals surface area contributed by atoms with E-state index in [1.807, 2.05) is 6.92 Å². The summed E-state index contributed by atoms with van der Waals surface area (Å²) in [6.45, 7) is 10.5. The van der Waals surface area contributed by atoms with Gasteiger partial charge >= 0.3 is 0 Å².